The molecule has 0 saturated heterocycles. The average molecular weight is 198 g/mol. The van der Waals surface area contributed by atoms with Crippen molar-refractivity contribution in [2.75, 3.05) is 13.7 Å². The lowest BCUT2D eigenvalue weighted by molar-refractivity contribution is 0.191. The van der Waals surface area contributed by atoms with Gasteiger partial charge in [-0.05, 0) is 19.8 Å². The second-order valence-corrected chi connectivity index (χ2v) is 3.35. The van der Waals surface area contributed by atoms with Gasteiger partial charge in [-0.2, -0.15) is 5.10 Å². The molecule has 80 valence electrons. The van der Waals surface area contributed by atoms with Crippen LogP contribution in [-0.2, 0) is 11.3 Å². The third-order valence-electron chi connectivity index (χ3n) is 1.95. The van der Waals surface area contributed by atoms with Crippen molar-refractivity contribution in [2.45, 2.75) is 32.4 Å². The normalized spacial score (nSPS) is 13.1. The Morgan fingerprint density at radius 2 is 2.36 bits per heavy atom. The first-order chi connectivity index (χ1) is 6.74. The van der Waals surface area contributed by atoms with E-state index in [0.29, 0.717) is 5.82 Å². The van der Waals surface area contributed by atoms with E-state index >= 15 is 0 Å². The lowest BCUT2D eigenvalue weighted by atomic mass is 10.3. The molecule has 0 amide bonds. The van der Waals surface area contributed by atoms with Gasteiger partial charge in [-0.3, -0.25) is 4.68 Å². The molecule has 0 spiro atoms. The summed E-state index contributed by atoms with van der Waals surface area (Å²) in [5, 5.41) is 4.25. The summed E-state index contributed by atoms with van der Waals surface area (Å²) >= 11 is 0. The molecule has 5 nitrogen and oxygen atoms in total. The first kappa shape index (κ1) is 11.1. The van der Waals surface area contributed by atoms with Crippen LogP contribution in [-0.4, -0.2) is 28.5 Å². The third kappa shape index (κ3) is 3.43. The first-order valence-electron chi connectivity index (χ1n) is 4.88. The Morgan fingerprint density at radius 1 is 1.57 bits per heavy atom. The molecule has 0 aliphatic carbocycles. The predicted octanol–water partition coefficient (Wildman–Crippen LogP) is 0.724. The maximum absolute atomic E-state index is 5.65. The van der Waals surface area contributed by atoms with Gasteiger partial charge in [0.25, 0.3) is 0 Å². The monoisotopic (exact) mass is 198 g/mol. The van der Waals surface area contributed by atoms with Crippen molar-refractivity contribution in [2.24, 2.45) is 5.73 Å². The van der Waals surface area contributed by atoms with Crippen molar-refractivity contribution in [3.8, 4) is 0 Å². The topological polar surface area (TPSA) is 66.0 Å². The van der Waals surface area contributed by atoms with Gasteiger partial charge in [0.05, 0.1) is 6.04 Å². The van der Waals surface area contributed by atoms with Crippen molar-refractivity contribution >= 4 is 0 Å². The molecule has 0 radical (unpaired) electrons. The van der Waals surface area contributed by atoms with Crippen LogP contribution >= 0.6 is 0 Å². The number of nitrogens with zero attached hydrogens (tertiary/aromatic N) is 3. The lowest BCUT2D eigenvalue weighted by Gasteiger charge is -2.00. The second kappa shape index (κ2) is 5.72. The van der Waals surface area contributed by atoms with Crippen LogP contribution in [0.3, 0.4) is 0 Å². The number of unbranched alkanes of at least 4 members (excludes halogenated alkanes) is 1. The number of aromatic nitrogens is 3. The summed E-state index contributed by atoms with van der Waals surface area (Å²) in [6, 6.07) is -0.0878. The summed E-state index contributed by atoms with van der Waals surface area (Å²) in [4.78, 5) is 4.11. The molecule has 1 unspecified atom stereocenters. The van der Waals surface area contributed by atoms with Crippen molar-refractivity contribution < 1.29 is 4.74 Å². The standard InChI is InChI=1S/C9H18N4O/c1-8(10)9-11-7-13(12-9)5-3-4-6-14-2/h7-8H,3-6,10H2,1-2H3. The summed E-state index contributed by atoms with van der Waals surface area (Å²) in [5.74, 6) is 0.705. The van der Waals surface area contributed by atoms with Gasteiger partial charge in [-0.15, -0.1) is 0 Å². The molecule has 0 aliphatic heterocycles. The largest absolute Gasteiger partial charge is 0.385 e. The van der Waals surface area contributed by atoms with Crippen LogP contribution < -0.4 is 5.73 Å². The van der Waals surface area contributed by atoms with Crippen LogP contribution in [0, 0.1) is 0 Å². The molecule has 0 fully saturated rings. The molecule has 1 aromatic rings. The minimum atomic E-state index is -0.0878. The first-order valence-corrected chi connectivity index (χ1v) is 4.88. The van der Waals surface area contributed by atoms with Gasteiger partial charge in [0.1, 0.15) is 6.33 Å². The van der Waals surface area contributed by atoms with Gasteiger partial charge in [0.15, 0.2) is 5.82 Å². The molecule has 1 aromatic heterocycles. The van der Waals surface area contributed by atoms with Gasteiger partial charge >= 0.3 is 0 Å². The highest BCUT2D eigenvalue weighted by molar-refractivity contribution is 4.87. The van der Waals surface area contributed by atoms with Gasteiger partial charge in [0, 0.05) is 20.3 Å². The summed E-state index contributed by atoms with van der Waals surface area (Å²) in [5.41, 5.74) is 5.65. The zero-order valence-electron chi connectivity index (χ0n) is 8.81. The molecule has 0 aliphatic rings. The Labute approximate surface area is 84.3 Å². The van der Waals surface area contributed by atoms with Crippen molar-refractivity contribution in [3.63, 3.8) is 0 Å². The van der Waals surface area contributed by atoms with Gasteiger partial charge in [0.2, 0.25) is 0 Å². The van der Waals surface area contributed by atoms with Crippen LogP contribution in [0.1, 0.15) is 31.6 Å². The number of ether oxygens (including phenoxy) is 1. The molecule has 1 rings (SSSR count). The molecule has 1 atom stereocenters. The van der Waals surface area contributed by atoms with Gasteiger partial charge in [-0.1, -0.05) is 0 Å². The lowest BCUT2D eigenvalue weighted by Crippen LogP contribution is -2.08. The smallest absolute Gasteiger partial charge is 0.166 e. The van der Waals surface area contributed by atoms with Gasteiger partial charge in [-0.25, -0.2) is 4.98 Å². The Balaban J connectivity index is 2.29. The van der Waals surface area contributed by atoms with E-state index in [1.165, 1.54) is 0 Å². The number of methoxy groups -OCH3 is 1. The Kier molecular flexibility index (Phi) is 4.55. The van der Waals surface area contributed by atoms with Gasteiger partial charge < -0.3 is 10.5 Å². The SMILES string of the molecule is COCCCCn1cnc(C(C)N)n1. The van der Waals surface area contributed by atoms with Crippen LogP contribution in [0.25, 0.3) is 0 Å². The Bertz CT molecular complexity index is 259. The van der Waals surface area contributed by atoms with Crippen LogP contribution in [0.5, 0.6) is 0 Å². The van der Waals surface area contributed by atoms with Crippen LogP contribution in [0.15, 0.2) is 6.33 Å². The fourth-order valence-electron chi connectivity index (χ4n) is 1.15. The number of nitrogens with two attached hydrogens (primary N) is 1. The number of hydrogen-bond donors (Lipinski definition) is 1. The van der Waals surface area contributed by atoms with E-state index in [2.05, 4.69) is 10.1 Å². The summed E-state index contributed by atoms with van der Waals surface area (Å²) in [7, 11) is 1.71. The average Bonchev–Trinajstić information content (AvgIpc) is 2.61. The minimum absolute atomic E-state index is 0.0878. The summed E-state index contributed by atoms with van der Waals surface area (Å²) < 4.78 is 6.79. The molecular weight excluding hydrogens is 180 g/mol. The fourth-order valence-corrected chi connectivity index (χ4v) is 1.15. The summed E-state index contributed by atoms with van der Waals surface area (Å²) in [6.45, 7) is 3.56. The van der Waals surface area contributed by atoms with Crippen molar-refractivity contribution in [1.82, 2.24) is 14.8 Å². The Hall–Kier alpha value is -0.940. The highest BCUT2D eigenvalue weighted by Crippen LogP contribution is 2.01. The number of aryl methyl sites for hydroxylation is 1. The fraction of sp³-hybridized carbons (Fsp3) is 0.778. The highest BCUT2D eigenvalue weighted by atomic mass is 16.5. The number of rotatable bonds is 6. The van der Waals surface area contributed by atoms with E-state index in [1.807, 2.05) is 11.6 Å². The van der Waals surface area contributed by atoms with Crippen LogP contribution in [0.2, 0.25) is 0 Å². The molecule has 5 heteroatoms. The van der Waals surface area contributed by atoms with E-state index in [0.717, 1.165) is 26.0 Å². The minimum Gasteiger partial charge on any atom is -0.385 e. The maximum atomic E-state index is 5.65. The molecule has 0 aromatic carbocycles. The summed E-state index contributed by atoms with van der Waals surface area (Å²) in [6.07, 6.45) is 3.82. The van der Waals surface area contributed by atoms with E-state index in [4.69, 9.17) is 10.5 Å². The van der Waals surface area contributed by atoms with Crippen molar-refractivity contribution in [3.05, 3.63) is 12.2 Å². The Morgan fingerprint density at radius 3 is 2.93 bits per heavy atom. The molecule has 0 bridgehead atoms. The molecule has 1 heterocycles. The number of hydrogen-bond acceptors (Lipinski definition) is 4. The zero-order valence-corrected chi connectivity index (χ0v) is 8.81. The van der Waals surface area contributed by atoms with E-state index < -0.39 is 0 Å². The zero-order chi connectivity index (χ0) is 10.4. The van der Waals surface area contributed by atoms with E-state index in [9.17, 15) is 0 Å². The van der Waals surface area contributed by atoms with Crippen molar-refractivity contribution in [1.29, 1.82) is 0 Å². The predicted molar refractivity (Wildman–Crippen MR) is 53.7 cm³/mol. The maximum Gasteiger partial charge on any atom is 0.166 e. The molecule has 14 heavy (non-hydrogen) atoms. The molecule has 0 saturated carbocycles. The second-order valence-electron chi connectivity index (χ2n) is 3.35. The molecule has 2 N–H and O–H groups in total. The molecular formula is C9H18N4O. The third-order valence-corrected chi connectivity index (χ3v) is 1.95. The highest BCUT2D eigenvalue weighted by Gasteiger charge is 2.04. The van der Waals surface area contributed by atoms with E-state index in [-0.39, 0.29) is 6.04 Å². The van der Waals surface area contributed by atoms with E-state index in [1.54, 1.807) is 13.4 Å². The quantitative estimate of drug-likeness (QED) is 0.684. The van der Waals surface area contributed by atoms with Crippen LogP contribution in [0.4, 0.5) is 0 Å².